The van der Waals surface area contributed by atoms with Gasteiger partial charge in [-0.25, -0.2) is 0 Å². The Morgan fingerprint density at radius 2 is 0.647 bits per heavy atom. The topological polar surface area (TPSA) is 0 Å². The maximum absolute atomic E-state index is 3.43. The van der Waals surface area contributed by atoms with E-state index in [-0.39, 0.29) is 0 Å². The molecule has 0 nitrogen and oxygen atoms in total. The molecule has 0 atom stereocenters. The third-order valence-corrected chi connectivity index (χ3v) is 22.2. The van der Waals surface area contributed by atoms with Crippen molar-refractivity contribution in [2.75, 3.05) is 0 Å². The van der Waals surface area contributed by atoms with E-state index in [1.54, 1.807) is 0 Å². The van der Waals surface area contributed by atoms with E-state index in [2.05, 4.69) is 108 Å². The molecule has 0 bridgehead atoms. The van der Waals surface area contributed by atoms with Gasteiger partial charge in [-0.1, -0.05) is 0 Å². The van der Waals surface area contributed by atoms with Gasteiger partial charge in [-0.2, -0.15) is 0 Å². The van der Waals surface area contributed by atoms with Gasteiger partial charge in [0.15, 0.2) is 0 Å². The van der Waals surface area contributed by atoms with Gasteiger partial charge in [0.25, 0.3) is 0 Å². The fraction of sp³-hybridized carbons (Fsp3) is 0.250. The van der Waals surface area contributed by atoms with Crippen LogP contribution in [-0.2, 0) is 8.87 Å². The van der Waals surface area contributed by atoms with Gasteiger partial charge >= 0.3 is 217 Å². The molecule has 34 heavy (non-hydrogen) atoms. The summed E-state index contributed by atoms with van der Waals surface area (Å²) in [6.45, 7) is 11.3. The first-order valence-electron chi connectivity index (χ1n) is 11.3. The predicted octanol–water partition coefficient (Wildman–Crippen LogP) is 5.79. The summed E-state index contributed by atoms with van der Waals surface area (Å²) >= 11 is -6.30. The second-order valence-corrected chi connectivity index (χ2v) is 24.4. The third kappa shape index (κ3) is 7.72. The molecule has 0 fully saturated rings. The Morgan fingerprint density at radius 3 is 0.853 bits per heavy atom. The van der Waals surface area contributed by atoms with E-state index in [1.807, 2.05) is 41.5 Å². The molecule has 2 aromatic rings. The molecule has 0 spiro atoms. The van der Waals surface area contributed by atoms with Gasteiger partial charge in [-0.3, -0.25) is 0 Å². The number of rotatable bonds is 5. The number of benzene rings is 2. The van der Waals surface area contributed by atoms with Gasteiger partial charge in [0.2, 0.25) is 0 Å². The average molecular weight is 652 g/mol. The quantitative estimate of drug-likeness (QED) is 0.284. The van der Waals surface area contributed by atoms with Crippen LogP contribution in [0.15, 0.2) is 48.5 Å². The summed E-state index contributed by atoms with van der Waals surface area (Å²) in [5.74, 6) is 18.6. The van der Waals surface area contributed by atoms with Crippen molar-refractivity contribution in [3.8, 4) is 70.3 Å². The van der Waals surface area contributed by atoms with Crippen LogP contribution < -0.4 is 0 Å². The van der Waals surface area contributed by atoms with Crippen LogP contribution in [0.25, 0.3) is 11.1 Å². The van der Waals surface area contributed by atoms with Crippen molar-refractivity contribution in [1.29, 1.82) is 0 Å². The van der Waals surface area contributed by atoms with Crippen molar-refractivity contribution in [3.63, 3.8) is 0 Å². The summed E-state index contributed by atoms with van der Waals surface area (Å²) < 4.78 is 22.4. The van der Waals surface area contributed by atoms with E-state index in [9.17, 15) is 0 Å². The van der Waals surface area contributed by atoms with Crippen LogP contribution in [0.2, 0.25) is 0 Å². The van der Waals surface area contributed by atoms with Gasteiger partial charge in [-0.15, -0.1) is 0 Å². The zero-order chi connectivity index (χ0) is 24.9. The fourth-order valence-corrected chi connectivity index (χ4v) is 18.7. The minimum absolute atomic E-state index is 0.890. The molecule has 0 heterocycles. The van der Waals surface area contributed by atoms with Crippen molar-refractivity contribution >= 4 is 36.8 Å². The summed E-state index contributed by atoms with van der Waals surface area (Å²) in [5, 5.41) is 0. The van der Waals surface area contributed by atoms with Crippen molar-refractivity contribution < 1.29 is 0 Å². The monoisotopic (exact) mass is 654 g/mol. The molecule has 166 valence electrons. The third-order valence-electron chi connectivity index (χ3n) is 5.21. The molecule has 0 aliphatic rings. The first-order chi connectivity index (χ1) is 16.5. The Bertz CT molecular complexity index is 1160. The van der Waals surface area contributed by atoms with Crippen LogP contribution in [0.5, 0.6) is 0 Å². The molecule has 2 aromatic carbocycles. The Balaban J connectivity index is 2.29. The van der Waals surface area contributed by atoms with Crippen molar-refractivity contribution in [2.45, 2.75) is 50.4 Å². The number of hydrogen-bond acceptors (Lipinski definition) is 0. The first-order valence-corrected chi connectivity index (χ1v) is 23.9. The van der Waals surface area contributed by atoms with Crippen LogP contribution >= 0.6 is 0 Å². The maximum atomic E-state index is 3.43. The zero-order valence-corrected chi connectivity index (χ0v) is 26.7. The molecule has 0 aliphatic carbocycles. The summed E-state index contributed by atoms with van der Waals surface area (Å²) in [7, 11) is 0. The van der Waals surface area contributed by atoms with Gasteiger partial charge in [-0.05, 0) is 0 Å². The molecule has 0 amide bonds. The molecular weight excluding hydrogens is 622 g/mol. The fourth-order valence-electron chi connectivity index (χ4n) is 3.98. The van der Waals surface area contributed by atoms with Gasteiger partial charge in [0, 0.05) is 0 Å². The summed E-state index contributed by atoms with van der Waals surface area (Å²) in [4.78, 5) is 0. The molecule has 2 rings (SSSR count). The molecule has 0 radical (unpaired) electrons. The van der Waals surface area contributed by atoms with E-state index < -0.39 is 36.8 Å². The van der Waals surface area contributed by atoms with Gasteiger partial charge < -0.3 is 0 Å². The van der Waals surface area contributed by atoms with E-state index in [4.69, 9.17) is 0 Å². The SMILES string of the molecule is CC#[C][Sn]([C]#CC)([C]#CC)[CH2]c1ccc(-c2ccc([CH2][Sn]([C]#CC)([C]#CC)[C]#CC)cc2)cc1. The molecule has 0 unspecified atom stereocenters. The Kier molecular flexibility index (Phi) is 11.3. The van der Waals surface area contributed by atoms with Crippen molar-refractivity contribution in [2.24, 2.45) is 0 Å². The summed E-state index contributed by atoms with van der Waals surface area (Å²) in [5.41, 5.74) is 4.92. The van der Waals surface area contributed by atoms with E-state index >= 15 is 0 Å². The molecule has 0 saturated heterocycles. The molecule has 0 N–H and O–H groups in total. The zero-order valence-electron chi connectivity index (χ0n) is 21.0. The van der Waals surface area contributed by atoms with Crippen LogP contribution in [0, 0.1) is 59.1 Å². The van der Waals surface area contributed by atoms with E-state index in [0.29, 0.717) is 0 Å². The second kappa shape index (κ2) is 13.9. The average Bonchev–Trinajstić information content (AvgIpc) is 2.81. The minimum atomic E-state index is -3.15. The van der Waals surface area contributed by atoms with Crippen LogP contribution in [0.3, 0.4) is 0 Å². The van der Waals surface area contributed by atoms with Gasteiger partial charge in [0.1, 0.15) is 0 Å². The van der Waals surface area contributed by atoms with Crippen molar-refractivity contribution in [3.05, 3.63) is 59.7 Å². The van der Waals surface area contributed by atoms with Crippen LogP contribution in [0.1, 0.15) is 52.7 Å². The van der Waals surface area contributed by atoms with Gasteiger partial charge in [0.05, 0.1) is 0 Å². The van der Waals surface area contributed by atoms with Crippen LogP contribution in [-0.4, -0.2) is 36.8 Å². The normalized spacial score (nSPS) is 9.47. The van der Waals surface area contributed by atoms with E-state index in [0.717, 1.165) is 8.87 Å². The van der Waals surface area contributed by atoms with Crippen molar-refractivity contribution in [1.82, 2.24) is 0 Å². The molecule has 0 saturated carbocycles. The molecule has 0 aromatic heterocycles. The summed E-state index contributed by atoms with van der Waals surface area (Å²) in [6, 6.07) is 17.6. The molecule has 0 aliphatic heterocycles. The predicted molar refractivity (Wildman–Crippen MR) is 151 cm³/mol. The number of hydrogen-bond donors (Lipinski definition) is 0. The standard InChI is InChI=1S/C14H12.6C3H3.2Sn/c1-11-3-7-13(8-4-11)14-9-5-12(2)6-10-14;6*1-3-2;;/h3-10H,1-2H2;6*1H3;;. The Hall–Kier alpha value is -2.60. The van der Waals surface area contributed by atoms with Crippen LogP contribution in [0.4, 0.5) is 0 Å². The second-order valence-electron chi connectivity index (χ2n) is 7.81. The summed E-state index contributed by atoms with van der Waals surface area (Å²) in [6.07, 6.45) is 0. The Labute approximate surface area is 215 Å². The molecular formula is C32H30Sn2. The first kappa shape index (κ1) is 27.6. The Morgan fingerprint density at radius 1 is 0.412 bits per heavy atom. The molecule has 2 heteroatoms. The van der Waals surface area contributed by atoms with E-state index in [1.165, 1.54) is 22.3 Å².